The highest BCUT2D eigenvalue weighted by atomic mass is 79.9. The van der Waals surface area contributed by atoms with E-state index in [2.05, 4.69) is 28.2 Å². The molecule has 1 atom stereocenters. The quantitative estimate of drug-likeness (QED) is 0.897. The Kier molecular flexibility index (Phi) is 4.33. The molecule has 0 aliphatic rings. The molecular weight excluding hydrogens is 254 g/mol. The van der Waals surface area contributed by atoms with Crippen LogP contribution in [0.5, 0.6) is 0 Å². The highest BCUT2D eigenvalue weighted by Gasteiger charge is 2.09. The van der Waals surface area contributed by atoms with E-state index in [0.29, 0.717) is 5.56 Å². The van der Waals surface area contributed by atoms with Crippen molar-refractivity contribution in [1.29, 1.82) is 0 Å². The number of rotatable bonds is 3. The summed E-state index contributed by atoms with van der Waals surface area (Å²) in [5, 5.41) is 2.93. The molecule has 15 heavy (non-hydrogen) atoms. The third kappa shape index (κ3) is 3.34. The normalized spacial score (nSPS) is 12.3. The van der Waals surface area contributed by atoms with Crippen LogP contribution in [0.25, 0.3) is 0 Å². The first-order valence-electron chi connectivity index (χ1n) is 5.11. The number of benzene rings is 1. The molecular formula is C12H16BrNO. The molecule has 0 heterocycles. The fourth-order valence-electron chi connectivity index (χ4n) is 1.14. The maximum atomic E-state index is 11.7. The lowest BCUT2D eigenvalue weighted by atomic mass is 10.1. The van der Waals surface area contributed by atoms with Crippen molar-refractivity contribution in [3.05, 3.63) is 33.8 Å². The van der Waals surface area contributed by atoms with Crippen LogP contribution in [0.2, 0.25) is 0 Å². The Hall–Kier alpha value is -0.830. The van der Waals surface area contributed by atoms with E-state index in [1.165, 1.54) is 0 Å². The van der Waals surface area contributed by atoms with Crippen LogP contribution >= 0.6 is 15.9 Å². The van der Waals surface area contributed by atoms with Crippen molar-refractivity contribution in [1.82, 2.24) is 5.32 Å². The van der Waals surface area contributed by atoms with E-state index in [0.717, 1.165) is 16.5 Å². The fourth-order valence-corrected chi connectivity index (χ4v) is 1.52. The molecule has 1 aromatic carbocycles. The van der Waals surface area contributed by atoms with E-state index in [1.54, 1.807) is 0 Å². The van der Waals surface area contributed by atoms with Gasteiger partial charge >= 0.3 is 0 Å². The minimum absolute atomic E-state index is 0.00921. The zero-order valence-corrected chi connectivity index (χ0v) is 10.9. The molecule has 1 aromatic rings. The summed E-state index contributed by atoms with van der Waals surface area (Å²) in [5.41, 5.74) is 1.84. The Balaban J connectivity index is 2.78. The van der Waals surface area contributed by atoms with Gasteiger partial charge in [-0.1, -0.05) is 28.9 Å². The van der Waals surface area contributed by atoms with Crippen LogP contribution in [0, 0.1) is 6.92 Å². The lowest BCUT2D eigenvalue weighted by molar-refractivity contribution is 0.0939. The van der Waals surface area contributed by atoms with Gasteiger partial charge in [-0.05, 0) is 38.0 Å². The highest BCUT2D eigenvalue weighted by Crippen LogP contribution is 2.17. The minimum atomic E-state index is -0.00921. The summed E-state index contributed by atoms with van der Waals surface area (Å²) in [5.74, 6) is -0.00921. The summed E-state index contributed by atoms with van der Waals surface area (Å²) in [6, 6.07) is 5.86. The van der Waals surface area contributed by atoms with Crippen molar-refractivity contribution in [2.24, 2.45) is 0 Å². The second-order valence-electron chi connectivity index (χ2n) is 3.75. The highest BCUT2D eigenvalue weighted by molar-refractivity contribution is 9.10. The summed E-state index contributed by atoms with van der Waals surface area (Å²) in [4.78, 5) is 11.7. The molecule has 0 aliphatic heterocycles. The zero-order valence-electron chi connectivity index (χ0n) is 9.30. The second-order valence-corrected chi connectivity index (χ2v) is 4.60. The monoisotopic (exact) mass is 269 g/mol. The molecule has 82 valence electrons. The molecule has 0 saturated heterocycles. The van der Waals surface area contributed by atoms with E-state index in [-0.39, 0.29) is 11.9 Å². The van der Waals surface area contributed by atoms with Gasteiger partial charge in [-0.2, -0.15) is 0 Å². The Morgan fingerprint density at radius 3 is 2.73 bits per heavy atom. The molecule has 2 nitrogen and oxygen atoms in total. The van der Waals surface area contributed by atoms with Gasteiger partial charge in [-0.25, -0.2) is 0 Å². The van der Waals surface area contributed by atoms with E-state index in [1.807, 2.05) is 32.0 Å². The van der Waals surface area contributed by atoms with Crippen LogP contribution in [0.4, 0.5) is 0 Å². The summed E-state index contributed by atoms with van der Waals surface area (Å²) in [6.45, 7) is 6.05. The number of hydrogen-bond acceptors (Lipinski definition) is 1. The van der Waals surface area contributed by atoms with Gasteiger partial charge in [0.25, 0.3) is 5.91 Å². The van der Waals surface area contributed by atoms with Crippen LogP contribution < -0.4 is 5.32 Å². The van der Waals surface area contributed by atoms with Crippen molar-refractivity contribution in [3.8, 4) is 0 Å². The molecule has 3 heteroatoms. The predicted octanol–water partition coefficient (Wildman–Crippen LogP) is 3.29. The van der Waals surface area contributed by atoms with Crippen molar-refractivity contribution in [2.45, 2.75) is 33.2 Å². The average molecular weight is 270 g/mol. The third-order valence-electron chi connectivity index (χ3n) is 2.42. The summed E-state index contributed by atoms with van der Waals surface area (Å²) in [6.07, 6.45) is 0.943. The smallest absolute Gasteiger partial charge is 0.251 e. The number of hydrogen-bond donors (Lipinski definition) is 1. The zero-order chi connectivity index (χ0) is 11.4. The predicted molar refractivity (Wildman–Crippen MR) is 66.1 cm³/mol. The first-order valence-corrected chi connectivity index (χ1v) is 5.91. The molecule has 0 bridgehead atoms. The maximum absolute atomic E-state index is 11.7. The van der Waals surface area contributed by atoms with Crippen molar-refractivity contribution in [2.75, 3.05) is 0 Å². The van der Waals surface area contributed by atoms with Gasteiger partial charge in [-0.15, -0.1) is 0 Å². The van der Waals surface area contributed by atoms with Gasteiger partial charge in [0.1, 0.15) is 0 Å². The standard InChI is InChI=1S/C12H16BrNO/c1-4-9(3)14-12(15)10-6-5-8(2)11(13)7-10/h5-7,9H,4H2,1-3H3,(H,14,15)/t9-/m0/s1. The Morgan fingerprint density at radius 1 is 1.53 bits per heavy atom. The van der Waals surface area contributed by atoms with Gasteiger partial charge in [-0.3, -0.25) is 4.79 Å². The summed E-state index contributed by atoms with van der Waals surface area (Å²) in [7, 11) is 0. The number of aryl methyl sites for hydroxylation is 1. The van der Waals surface area contributed by atoms with Crippen LogP contribution in [-0.2, 0) is 0 Å². The van der Waals surface area contributed by atoms with Crippen molar-refractivity contribution < 1.29 is 4.79 Å². The lowest BCUT2D eigenvalue weighted by Gasteiger charge is -2.11. The van der Waals surface area contributed by atoms with E-state index < -0.39 is 0 Å². The van der Waals surface area contributed by atoms with E-state index >= 15 is 0 Å². The molecule has 0 saturated carbocycles. The number of nitrogens with one attached hydrogen (secondary N) is 1. The molecule has 1 amide bonds. The second kappa shape index (κ2) is 5.31. The van der Waals surface area contributed by atoms with Crippen molar-refractivity contribution >= 4 is 21.8 Å². The first kappa shape index (κ1) is 12.2. The molecule has 0 aromatic heterocycles. The topological polar surface area (TPSA) is 29.1 Å². The van der Waals surface area contributed by atoms with Gasteiger partial charge in [0.05, 0.1) is 0 Å². The number of carbonyl (C=O) groups is 1. The molecule has 1 rings (SSSR count). The third-order valence-corrected chi connectivity index (χ3v) is 3.28. The largest absolute Gasteiger partial charge is 0.350 e. The minimum Gasteiger partial charge on any atom is -0.350 e. The number of halogens is 1. The Labute approximate surface area is 99.2 Å². The van der Waals surface area contributed by atoms with Gasteiger partial charge in [0.15, 0.2) is 0 Å². The van der Waals surface area contributed by atoms with Crippen LogP contribution in [-0.4, -0.2) is 11.9 Å². The molecule has 0 unspecified atom stereocenters. The Bertz CT molecular complexity index is 363. The summed E-state index contributed by atoms with van der Waals surface area (Å²) < 4.78 is 0.972. The van der Waals surface area contributed by atoms with Gasteiger partial charge in [0, 0.05) is 16.1 Å². The van der Waals surface area contributed by atoms with Crippen LogP contribution in [0.3, 0.4) is 0 Å². The molecule has 0 aliphatic carbocycles. The molecule has 0 radical (unpaired) electrons. The number of carbonyl (C=O) groups excluding carboxylic acids is 1. The van der Waals surface area contributed by atoms with Gasteiger partial charge in [0.2, 0.25) is 0 Å². The molecule has 0 fully saturated rings. The van der Waals surface area contributed by atoms with E-state index in [4.69, 9.17) is 0 Å². The molecule has 1 N–H and O–H groups in total. The van der Waals surface area contributed by atoms with Crippen LogP contribution in [0.15, 0.2) is 22.7 Å². The van der Waals surface area contributed by atoms with Gasteiger partial charge < -0.3 is 5.32 Å². The first-order chi connectivity index (χ1) is 7.04. The van der Waals surface area contributed by atoms with E-state index in [9.17, 15) is 4.79 Å². The Morgan fingerprint density at radius 2 is 2.20 bits per heavy atom. The number of amides is 1. The fraction of sp³-hybridized carbons (Fsp3) is 0.417. The maximum Gasteiger partial charge on any atom is 0.251 e. The van der Waals surface area contributed by atoms with Crippen LogP contribution in [0.1, 0.15) is 36.2 Å². The SMILES string of the molecule is CC[C@H](C)NC(=O)c1ccc(C)c(Br)c1. The average Bonchev–Trinajstić information content (AvgIpc) is 2.21. The molecule has 0 spiro atoms. The summed E-state index contributed by atoms with van der Waals surface area (Å²) >= 11 is 3.42. The lowest BCUT2D eigenvalue weighted by Crippen LogP contribution is -2.31. The van der Waals surface area contributed by atoms with Crippen molar-refractivity contribution in [3.63, 3.8) is 0 Å².